The average molecular weight is 253 g/mol. The summed E-state index contributed by atoms with van der Waals surface area (Å²) in [6.07, 6.45) is 3.40. The van der Waals surface area contributed by atoms with Crippen molar-refractivity contribution in [3.05, 3.63) is 54.1 Å². The predicted molar refractivity (Wildman–Crippen MR) is 85.4 cm³/mol. The van der Waals surface area contributed by atoms with E-state index in [4.69, 9.17) is 0 Å². The minimum Gasteiger partial charge on any atom is -0.314 e. The molecule has 1 heteroatoms. The summed E-state index contributed by atoms with van der Waals surface area (Å²) in [4.78, 5) is 0. The molecule has 0 unspecified atom stereocenters. The second-order valence-electron chi connectivity index (χ2n) is 5.35. The summed E-state index contributed by atoms with van der Waals surface area (Å²) in [5, 5.41) is 6.06. The Kier molecular flexibility index (Phi) is 4.75. The highest BCUT2D eigenvalue weighted by atomic mass is 14.9. The minimum atomic E-state index is 0.564. The normalized spacial score (nSPS) is 12.3. The summed E-state index contributed by atoms with van der Waals surface area (Å²) in [7, 11) is 0. The number of benzene rings is 2. The van der Waals surface area contributed by atoms with Gasteiger partial charge in [-0.15, -0.1) is 0 Å². The Labute approximate surface area is 116 Å². The molecule has 100 valence electrons. The van der Waals surface area contributed by atoms with Gasteiger partial charge in [-0.3, -0.25) is 0 Å². The molecule has 0 bridgehead atoms. The van der Waals surface area contributed by atoms with E-state index in [2.05, 4.69) is 74.6 Å². The van der Waals surface area contributed by atoms with Crippen molar-refractivity contribution in [2.45, 2.75) is 33.2 Å². The predicted octanol–water partition coefficient (Wildman–Crippen LogP) is 4.63. The van der Waals surface area contributed by atoms with Crippen LogP contribution in [-0.2, 0) is 0 Å². The van der Waals surface area contributed by atoms with E-state index in [9.17, 15) is 0 Å². The van der Waals surface area contributed by atoms with Crippen LogP contribution in [0.4, 0.5) is 0 Å². The fourth-order valence-corrected chi connectivity index (χ4v) is 2.21. The Morgan fingerprint density at radius 2 is 1.84 bits per heavy atom. The van der Waals surface area contributed by atoms with Crippen molar-refractivity contribution in [3.8, 4) is 0 Å². The second kappa shape index (κ2) is 6.53. The standard InChI is InChI=1S/C18H23N/c1-14(2)19-12-6-7-15(3)17-11-10-16-8-4-5-9-18(16)13-17/h4-5,7-11,13-14,19H,6,12H2,1-3H3. The highest BCUT2D eigenvalue weighted by Crippen LogP contribution is 2.21. The van der Waals surface area contributed by atoms with Crippen LogP contribution in [-0.4, -0.2) is 12.6 Å². The van der Waals surface area contributed by atoms with Gasteiger partial charge in [0, 0.05) is 6.04 Å². The van der Waals surface area contributed by atoms with E-state index < -0.39 is 0 Å². The van der Waals surface area contributed by atoms with Crippen LogP contribution in [0.25, 0.3) is 16.3 Å². The first-order chi connectivity index (χ1) is 9.16. The highest BCUT2D eigenvalue weighted by molar-refractivity contribution is 5.86. The van der Waals surface area contributed by atoms with Gasteiger partial charge in [-0.2, -0.15) is 0 Å². The Morgan fingerprint density at radius 1 is 1.11 bits per heavy atom. The van der Waals surface area contributed by atoms with Crippen LogP contribution >= 0.6 is 0 Å². The molecule has 0 aliphatic rings. The van der Waals surface area contributed by atoms with Crippen LogP contribution in [0.3, 0.4) is 0 Å². The summed E-state index contributed by atoms with van der Waals surface area (Å²) >= 11 is 0. The van der Waals surface area contributed by atoms with Crippen molar-refractivity contribution >= 4 is 16.3 Å². The van der Waals surface area contributed by atoms with Gasteiger partial charge in [0.15, 0.2) is 0 Å². The lowest BCUT2D eigenvalue weighted by Gasteiger charge is -2.07. The van der Waals surface area contributed by atoms with Gasteiger partial charge in [0.25, 0.3) is 0 Å². The average Bonchev–Trinajstić information content (AvgIpc) is 2.42. The Bertz CT molecular complexity index is 567. The molecule has 0 fully saturated rings. The second-order valence-corrected chi connectivity index (χ2v) is 5.35. The van der Waals surface area contributed by atoms with Gasteiger partial charge in [-0.05, 0) is 47.9 Å². The number of fused-ring (bicyclic) bond motifs is 1. The van der Waals surface area contributed by atoms with Gasteiger partial charge in [-0.25, -0.2) is 0 Å². The maximum Gasteiger partial charge on any atom is 0.00105 e. The van der Waals surface area contributed by atoms with E-state index >= 15 is 0 Å². The van der Waals surface area contributed by atoms with Crippen molar-refractivity contribution in [3.63, 3.8) is 0 Å². The molecule has 0 heterocycles. The molecule has 0 saturated carbocycles. The lowest BCUT2D eigenvalue weighted by atomic mass is 10.0. The largest absolute Gasteiger partial charge is 0.314 e. The summed E-state index contributed by atoms with van der Waals surface area (Å²) in [5.41, 5.74) is 2.68. The zero-order chi connectivity index (χ0) is 13.7. The van der Waals surface area contributed by atoms with Crippen LogP contribution in [0.2, 0.25) is 0 Å². The third-order valence-electron chi connectivity index (χ3n) is 3.35. The Balaban J connectivity index is 2.08. The smallest absolute Gasteiger partial charge is 0.00105 e. The molecule has 0 radical (unpaired) electrons. The van der Waals surface area contributed by atoms with Gasteiger partial charge >= 0.3 is 0 Å². The molecule has 19 heavy (non-hydrogen) atoms. The molecule has 2 aromatic carbocycles. The third-order valence-corrected chi connectivity index (χ3v) is 3.35. The molecule has 0 saturated heterocycles. The number of rotatable bonds is 5. The molecule has 2 aromatic rings. The minimum absolute atomic E-state index is 0.564. The molecule has 2 rings (SSSR count). The molecule has 0 aromatic heterocycles. The van der Waals surface area contributed by atoms with E-state index in [1.165, 1.54) is 21.9 Å². The number of hydrogen-bond acceptors (Lipinski definition) is 1. The Hall–Kier alpha value is -1.60. The zero-order valence-electron chi connectivity index (χ0n) is 12.1. The third kappa shape index (κ3) is 3.93. The SMILES string of the molecule is CC(=CCCNC(C)C)c1ccc2ccccc2c1. The van der Waals surface area contributed by atoms with E-state index in [1.54, 1.807) is 0 Å². The fraction of sp³-hybridized carbons (Fsp3) is 0.333. The number of hydrogen-bond donors (Lipinski definition) is 1. The van der Waals surface area contributed by atoms with E-state index in [-0.39, 0.29) is 0 Å². The number of nitrogens with one attached hydrogen (secondary N) is 1. The molecule has 0 aliphatic heterocycles. The quantitative estimate of drug-likeness (QED) is 0.766. The summed E-state index contributed by atoms with van der Waals surface area (Å²) in [6, 6.07) is 15.8. The van der Waals surface area contributed by atoms with Gasteiger partial charge in [0.05, 0.1) is 0 Å². The van der Waals surface area contributed by atoms with Crippen LogP contribution in [0.1, 0.15) is 32.8 Å². The van der Waals surface area contributed by atoms with Crippen LogP contribution < -0.4 is 5.32 Å². The Morgan fingerprint density at radius 3 is 2.58 bits per heavy atom. The molecule has 1 N–H and O–H groups in total. The molecule has 0 spiro atoms. The van der Waals surface area contributed by atoms with Crippen molar-refractivity contribution < 1.29 is 0 Å². The highest BCUT2D eigenvalue weighted by Gasteiger charge is 1.98. The van der Waals surface area contributed by atoms with Crippen molar-refractivity contribution in [2.24, 2.45) is 0 Å². The van der Waals surface area contributed by atoms with Gasteiger partial charge in [0.1, 0.15) is 0 Å². The zero-order valence-corrected chi connectivity index (χ0v) is 12.1. The van der Waals surface area contributed by atoms with Crippen LogP contribution in [0.5, 0.6) is 0 Å². The molecule has 1 nitrogen and oxygen atoms in total. The molecule has 0 atom stereocenters. The molecular weight excluding hydrogens is 230 g/mol. The van der Waals surface area contributed by atoms with E-state index in [1.807, 2.05) is 0 Å². The molecular formula is C18H23N. The fourth-order valence-electron chi connectivity index (χ4n) is 2.21. The first kappa shape index (κ1) is 13.8. The lowest BCUT2D eigenvalue weighted by molar-refractivity contribution is 0.595. The van der Waals surface area contributed by atoms with Gasteiger partial charge in [-0.1, -0.05) is 56.3 Å². The summed E-state index contributed by atoms with van der Waals surface area (Å²) in [6.45, 7) is 7.60. The van der Waals surface area contributed by atoms with E-state index in [0.29, 0.717) is 6.04 Å². The van der Waals surface area contributed by atoms with Crippen LogP contribution in [0.15, 0.2) is 48.5 Å². The maximum atomic E-state index is 3.44. The van der Waals surface area contributed by atoms with Crippen molar-refractivity contribution in [2.75, 3.05) is 6.54 Å². The monoisotopic (exact) mass is 253 g/mol. The van der Waals surface area contributed by atoms with E-state index in [0.717, 1.165) is 13.0 Å². The molecule has 0 amide bonds. The number of allylic oxidation sites excluding steroid dienone is 1. The first-order valence-electron chi connectivity index (χ1n) is 7.06. The summed E-state index contributed by atoms with van der Waals surface area (Å²) in [5.74, 6) is 0. The first-order valence-corrected chi connectivity index (χ1v) is 7.06. The lowest BCUT2D eigenvalue weighted by Crippen LogP contribution is -2.23. The van der Waals surface area contributed by atoms with Gasteiger partial charge in [0.2, 0.25) is 0 Å². The van der Waals surface area contributed by atoms with Gasteiger partial charge < -0.3 is 5.32 Å². The topological polar surface area (TPSA) is 12.0 Å². The van der Waals surface area contributed by atoms with Crippen molar-refractivity contribution in [1.82, 2.24) is 5.32 Å². The van der Waals surface area contributed by atoms with Crippen LogP contribution in [0, 0.1) is 0 Å². The maximum absolute atomic E-state index is 3.44. The summed E-state index contributed by atoms with van der Waals surface area (Å²) < 4.78 is 0. The molecule has 0 aliphatic carbocycles. The van der Waals surface area contributed by atoms with Crippen molar-refractivity contribution in [1.29, 1.82) is 0 Å².